The summed E-state index contributed by atoms with van der Waals surface area (Å²) in [5.41, 5.74) is 1.85. The highest BCUT2D eigenvalue weighted by molar-refractivity contribution is 7.20. The van der Waals surface area contributed by atoms with Crippen molar-refractivity contribution in [3.05, 3.63) is 87.1 Å². The Balaban J connectivity index is 1.62. The van der Waals surface area contributed by atoms with Crippen LogP contribution in [0.5, 0.6) is 0 Å². The van der Waals surface area contributed by atoms with E-state index in [9.17, 15) is 14.4 Å². The number of fused-ring (bicyclic) bond motifs is 1. The third-order valence-electron chi connectivity index (χ3n) is 4.73. The molecule has 8 heteroatoms. The Hall–Kier alpha value is -3.21. The van der Waals surface area contributed by atoms with Crippen molar-refractivity contribution in [2.45, 2.75) is 19.5 Å². The first kappa shape index (κ1) is 20.1. The molecule has 0 radical (unpaired) electrons. The van der Waals surface area contributed by atoms with Gasteiger partial charge >= 0.3 is 0 Å². The van der Waals surface area contributed by atoms with Gasteiger partial charge in [0.15, 0.2) is 0 Å². The zero-order valence-corrected chi connectivity index (χ0v) is 17.5. The highest BCUT2D eigenvalue weighted by atomic mass is 35.5. The average Bonchev–Trinajstić information content (AvgIpc) is 3.30. The number of aromatic nitrogens is 2. The van der Waals surface area contributed by atoms with Gasteiger partial charge in [0.1, 0.15) is 16.7 Å². The fourth-order valence-electron chi connectivity index (χ4n) is 3.21. The quantitative estimate of drug-likeness (QED) is 0.463. The van der Waals surface area contributed by atoms with Gasteiger partial charge in [-0.15, -0.1) is 11.3 Å². The summed E-state index contributed by atoms with van der Waals surface area (Å²) in [5, 5.41) is 18.1. The number of amides is 1. The van der Waals surface area contributed by atoms with E-state index in [4.69, 9.17) is 11.6 Å². The first-order valence-electron chi connectivity index (χ1n) is 9.13. The van der Waals surface area contributed by atoms with Gasteiger partial charge in [0, 0.05) is 16.0 Å². The van der Waals surface area contributed by atoms with Gasteiger partial charge in [-0.05, 0) is 30.7 Å². The van der Waals surface area contributed by atoms with Crippen LogP contribution in [0.3, 0.4) is 0 Å². The Labute approximate surface area is 181 Å². The van der Waals surface area contributed by atoms with Crippen molar-refractivity contribution in [1.29, 1.82) is 5.26 Å². The number of nitriles is 1. The maximum absolute atomic E-state index is 14.0. The SMILES string of the molecule is Cc1nn(Cc2ccccc2Cl)c2sc(C(=O)NC(C#N)c3ccccc3F)cc12. The van der Waals surface area contributed by atoms with Crippen LogP contribution in [0.15, 0.2) is 54.6 Å². The predicted molar refractivity (Wildman–Crippen MR) is 115 cm³/mol. The topological polar surface area (TPSA) is 70.7 Å². The first-order valence-corrected chi connectivity index (χ1v) is 10.3. The molecule has 2 heterocycles. The standard InChI is InChI=1S/C22H16ClFN4OS/c1-13-16-10-20(21(29)26-19(11-25)15-7-3-5-9-18(15)24)30-22(16)28(27-13)12-14-6-2-4-8-17(14)23/h2-10,19H,12H2,1H3,(H,26,29). The van der Waals surface area contributed by atoms with Crippen LogP contribution in [0.1, 0.15) is 32.5 Å². The molecule has 2 aromatic heterocycles. The van der Waals surface area contributed by atoms with Gasteiger partial charge in [-0.25, -0.2) is 4.39 Å². The van der Waals surface area contributed by atoms with Gasteiger partial charge in [0.25, 0.3) is 5.91 Å². The van der Waals surface area contributed by atoms with E-state index >= 15 is 0 Å². The van der Waals surface area contributed by atoms with E-state index in [2.05, 4.69) is 10.4 Å². The summed E-state index contributed by atoms with van der Waals surface area (Å²) in [6.07, 6.45) is 0. The van der Waals surface area contributed by atoms with Crippen LogP contribution in [-0.4, -0.2) is 15.7 Å². The number of hydrogen-bond donors (Lipinski definition) is 1. The highest BCUT2D eigenvalue weighted by Gasteiger charge is 2.21. The van der Waals surface area contributed by atoms with Gasteiger partial charge in [0.2, 0.25) is 0 Å². The Bertz CT molecular complexity index is 1290. The second-order valence-electron chi connectivity index (χ2n) is 6.72. The monoisotopic (exact) mass is 438 g/mol. The van der Waals surface area contributed by atoms with Gasteiger partial charge in [-0.3, -0.25) is 9.48 Å². The number of nitrogens with one attached hydrogen (secondary N) is 1. The van der Waals surface area contributed by atoms with E-state index in [0.29, 0.717) is 16.4 Å². The number of rotatable bonds is 5. The summed E-state index contributed by atoms with van der Waals surface area (Å²) >= 11 is 7.54. The molecule has 30 heavy (non-hydrogen) atoms. The molecule has 4 aromatic rings. The van der Waals surface area contributed by atoms with Crippen LogP contribution in [0.2, 0.25) is 5.02 Å². The molecule has 5 nitrogen and oxygen atoms in total. The molecule has 0 aliphatic carbocycles. The van der Waals surface area contributed by atoms with Crippen molar-refractivity contribution in [2.75, 3.05) is 0 Å². The van der Waals surface area contributed by atoms with Gasteiger partial charge < -0.3 is 5.32 Å². The number of hydrogen-bond acceptors (Lipinski definition) is 4. The fourth-order valence-corrected chi connectivity index (χ4v) is 4.47. The molecule has 4 rings (SSSR count). The van der Waals surface area contributed by atoms with Crippen molar-refractivity contribution in [3.8, 4) is 6.07 Å². The normalized spacial score (nSPS) is 11.9. The lowest BCUT2D eigenvalue weighted by Crippen LogP contribution is -2.27. The third-order valence-corrected chi connectivity index (χ3v) is 6.25. The van der Waals surface area contributed by atoms with E-state index in [1.165, 1.54) is 29.5 Å². The predicted octanol–water partition coefficient (Wildman–Crippen LogP) is 5.24. The van der Waals surface area contributed by atoms with E-state index in [1.54, 1.807) is 12.1 Å². The zero-order chi connectivity index (χ0) is 21.3. The summed E-state index contributed by atoms with van der Waals surface area (Å²) < 4.78 is 15.8. The van der Waals surface area contributed by atoms with Gasteiger partial charge in [-0.1, -0.05) is 48.0 Å². The Morgan fingerprint density at radius 1 is 1.30 bits per heavy atom. The molecular weight excluding hydrogens is 423 g/mol. The largest absolute Gasteiger partial charge is 0.332 e. The lowest BCUT2D eigenvalue weighted by Gasteiger charge is -2.11. The Morgan fingerprint density at radius 2 is 2.03 bits per heavy atom. The molecule has 0 aliphatic rings. The molecule has 0 fully saturated rings. The maximum Gasteiger partial charge on any atom is 0.262 e. The van der Waals surface area contributed by atoms with Crippen molar-refractivity contribution in [2.24, 2.45) is 0 Å². The molecule has 1 atom stereocenters. The maximum atomic E-state index is 14.0. The molecule has 0 saturated carbocycles. The zero-order valence-electron chi connectivity index (χ0n) is 15.9. The number of carbonyl (C=O) groups is 1. The fraction of sp³-hybridized carbons (Fsp3) is 0.136. The van der Waals surface area contributed by atoms with E-state index in [0.717, 1.165) is 21.5 Å². The lowest BCUT2D eigenvalue weighted by atomic mass is 10.1. The number of aryl methyl sites for hydroxylation is 1. The smallest absolute Gasteiger partial charge is 0.262 e. The molecular formula is C22H16ClFN4OS. The second-order valence-corrected chi connectivity index (χ2v) is 8.16. The molecule has 150 valence electrons. The van der Waals surface area contributed by atoms with Crippen molar-refractivity contribution in [3.63, 3.8) is 0 Å². The molecule has 0 saturated heterocycles. The van der Waals surface area contributed by atoms with Crippen LogP contribution >= 0.6 is 22.9 Å². The summed E-state index contributed by atoms with van der Waals surface area (Å²) in [5.74, 6) is -0.971. The highest BCUT2D eigenvalue weighted by Crippen LogP contribution is 2.30. The van der Waals surface area contributed by atoms with Crippen molar-refractivity contribution in [1.82, 2.24) is 15.1 Å². The molecule has 0 spiro atoms. The van der Waals surface area contributed by atoms with E-state index < -0.39 is 17.8 Å². The summed E-state index contributed by atoms with van der Waals surface area (Å²) in [6.45, 7) is 2.35. The number of thiophene rings is 1. The summed E-state index contributed by atoms with van der Waals surface area (Å²) in [4.78, 5) is 14.0. The molecule has 0 bridgehead atoms. The van der Waals surface area contributed by atoms with Gasteiger partial charge in [-0.2, -0.15) is 10.4 Å². The minimum Gasteiger partial charge on any atom is -0.332 e. The van der Waals surface area contributed by atoms with Crippen LogP contribution < -0.4 is 5.32 Å². The van der Waals surface area contributed by atoms with Crippen molar-refractivity contribution >= 4 is 39.1 Å². The molecule has 0 aliphatic heterocycles. The second kappa shape index (κ2) is 8.27. The third kappa shape index (κ3) is 3.80. The Morgan fingerprint density at radius 3 is 2.77 bits per heavy atom. The number of nitrogens with zero attached hydrogens (tertiary/aromatic N) is 3. The van der Waals surface area contributed by atoms with Crippen molar-refractivity contribution < 1.29 is 9.18 Å². The Kier molecular flexibility index (Phi) is 5.53. The summed E-state index contributed by atoms with van der Waals surface area (Å²) in [7, 11) is 0. The van der Waals surface area contributed by atoms with Crippen LogP contribution in [-0.2, 0) is 6.54 Å². The molecule has 1 N–H and O–H groups in total. The van der Waals surface area contributed by atoms with Gasteiger partial charge in [0.05, 0.1) is 23.2 Å². The number of benzene rings is 2. The minimum atomic E-state index is -1.08. The van der Waals surface area contributed by atoms with Crippen LogP contribution in [0, 0.1) is 24.1 Å². The first-order chi connectivity index (χ1) is 14.5. The molecule has 1 amide bonds. The minimum absolute atomic E-state index is 0.135. The average molecular weight is 439 g/mol. The van der Waals surface area contributed by atoms with Crippen LogP contribution in [0.25, 0.3) is 10.2 Å². The molecule has 1 unspecified atom stereocenters. The van der Waals surface area contributed by atoms with E-state index in [1.807, 2.05) is 41.9 Å². The number of halogens is 2. The molecule has 2 aromatic carbocycles. The summed E-state index contributed by atoms with van der Waals surface area (Å²) in [6, 6.07) is 16.1. The van der Waals surface area contributed by atoms with E-state index in [-0.39, 0.29) is 5.56 Å². The lowest BCUT2D eigenvalue weighted by molar-refractivity contribution is 0.0949. The number of carbonyl (C=O) groups excluding carboxylic acids is 1. The van der Waals surface area contributed by atoms with Crippen LogP contribution in [0.4, 0.5) is 4.39 Å².